The van der Waals surface area contributed by atoms with E-state index in [-0.39, 0.29) is 0 Å². The first kappa shape index (κ1) is 18.1. The van der Waals surface area contributed by atoms with Gasteiger partial charge in [0.25, 0.3) is 0 Å². The van der Waals surface area contributed by atoms with Gasteiger partial charge in [-0.1, -0.05) is 24.3 Å². The second kappa shape index (κ2) is 9.09. The summed E-state index contributed by atoms with van der Waals surface area (Å²) in [5.74, 6) is 2.04. The zero-order chi connectivity index (χ0) is 17.6. The van der Waals surface area contributed by atoms with E-state index < -0.39 is 0 Å². The fourth-order valence-corrected chi connectivity index (χ4v) is 5.90. The monoisotopic (exact) mass is 386 g/mol. The number of hydrogen-bond donors (Lipinski definition) is 0. The molecule has 0 bridgehead atoms. The number of para-hydroxylation sites is 2. The highest BCUT2D eigenvalue weighted by atomic mass is 33.1. The number of rotatable bonds is 7. The predicted molar refractivity (Wildman–Crippen MR) is 110 cm³/mol. The van der Waals surface area contributed by atoms with E-state index >= 15 is 0 Å². The Labute approximate surface area is 164 Å². The van der Waals surface area contributed by atoms with Crippen LogP contribution in [0, 0.1) is 0 Å². The Morgan fingerprint density at radius 3 is 1.38 bits per heavy atom. The lowest BCUT2D eigenvalue weighted by Crippen LogP contribution is -2.11. The molecule has 0 radical (unpaired) electrons. The molecule has 0 unspecified atom stereocenters. The number of benzene rings is 2. The third-order valence-electron chi connectivity index (χ3n) is 5.11. The van der Waals surface area contributed by atoms with Crippen LogP contribution in [0.2, 0.25) is 0 Å². The molecule has 2 fully saturated rings. The summed E-state index contributed by atoms with van der Waals surface area (Å²) in [6.07, 6.45) is 10.7. The van der Waals surface area contributed by atoms with Crippen LogP contribution in [0.25, 0.3) is 0 Å². The van der Waals surface area contributed by atoms with Crippen molar-refractivity contribution < 1.29 is 9.47 Å². The molecule has 2 aromatic rings. The quantitative estimate of drug-likeness (QED) is 0.471. The maximum Gasteiger partial charge on any atom is 0.134 e. The van der Waals surface area contributed by atoms with E-state index in [1.807, 2.05) is 0 Å². The molecule has 0 saturated heterocycles. The zero-order valence-corrected chi connectivity index (χ0v) is 16.7. The summed E-state index contributed by atoms with van der Waals surface area (Å²) >= 11 is 0. The first-order valence-corrected chi connectivity index (χ1v) is 11.9. The van der Waals surface area contributed by atoms with Crippen LogP contribution < -0.4 is 9.47 Å². The first-order chi connectivity index (χ1) is 12.9. The molecule has 2 aromatic carbocycles. The van der Waals surface area contributed by atoms with Gasteiger partial charge in [0.1, 0.15) is 11.5 Å². The maximum atomic E-state index is 6.27. The van der Waals surface area contributed by atoms with Gasteiger partial charge >= 0.3 is 0 Å². The fraction of sp³-hybridized carbons (Fsp3) is 0.455. The van der Waals surface area contributed by atoms with Crippen molar-refractivity contribution in [3.63, 3.8) is 0 Å². The van der Waals surface area contributed by atoms with Crippen LogP contribution in [0.15, 0.2) is 58.3 Å². The van der Waals surface area contributed by atoms with Gasteiger partial charge < -0.3 is 9.47 Å². The van der Waals surface area contributed by atoms with Crippen LogP contribution in [0.1, 0.15) is 51.4 Å². The van der Waals surface area contributed by atoms with Gasteiger partial charge in [0.2, 0.25) is 0 Å². The zero-order valence-electron chi connectivity index (χ0n) is 15.1. The van der Waals surface area contributed by atoms with Gasteiger partial charge in [0.15, 0.2) is 0 Å². The summed E-state index contributed by atoms with van der Waals surface area (Å²) in [6.45, 7) is 0. The predicted octanol–water partition coefficient (Wildman–Crippen LogP) is 7.13. The largest absolute Gasteiger partial charge is 0.489 e. The average Bonchev–Trinajstić information content (AvgIpc) is 3.36. The van der Waals surface area contributed by atoms with Crippen LogP contribution in [0.4, 0.5) is 0 Å². The van der Waals surface area contributed by atoms with Gasteiger partial charge in [0, 0.05) is 0 Å². The van der Waals surface area contributed by atoms with Gasteiger partial charge in [-0.3, -0.25) is 0 Å². The average molecular weight is 387 g/mol. The minimum Gasteiger partial charge on any atom is -0.489 e. The lowest BCUT2D eigenvalue weighted by atomic mass is 10.3. The summed E-state index contributed by atoms with van der Waals surface area (Å²) in [7, 11) is 3.53. The molecule has 0 aliphatic heterocycles. The molecule has 0 heterocycles. The molecule has 2 saturated carbocycles. The Hall–Kier alpha value is -1.26. The summed E-state index contributed by atoms with van der Waals surface area (Å²) in [4.78, 5) is 2.39. The second-order valence-corrected chi connectivity index (χ2v) is 9.32. The van der Waals surface area contributed by atoms with Gasteiger partial charge in [0.05, 0.1) is 22.0 Å². The Balaban J connectivity index is 1.42. The minimum atomic E-state index is 0.389. The Morgan fingerprint density at radius 1 is 0.577 bits per heavy atom. The van der Waals surface area contributed by atoms with E-state index in [0.717, 1.165) is 11.5 Å². The van der Waals surface area contributed by atoms with Gasteiger partial charge in [-0.25, -0.2) is 0 Å². The summed E-state index contributed by atoms with van der Waals surface area (Å²) < 4.78 is 12.5. The highest BCUT2D eigenvalue weighted by Crippen LogP contribution is 2.45. The maximum absolute atomic E-state index is 6.27. The van der Waals surface area contributed by atoms with Crippen LogP contribution in [-0.4, -0.2) is 12.2 Å². The van der Waals surface area contributed by atoms with E-state index in [2.05, 4.69) is 48.5 Å². The second-order valence-electron chi connectivity index (χ2n) is 7.11. The van der Waals surface area contributed by atoms with Crippen LogP contribution >= 0.6 is 21.6 Å². The molecule has 0 atom stereocenters. The SMILES string of the molecule is c1ccc(SSc2ccccc2OC2CCCC2)c(OC2CCCC2)c1. The van der Waals surface area contributed by atoms with Gasteiger partial charge in [-0.2, -0.15) is 0 Å². The Bertz CT molecular complexity index is 645. The minimum absolute atomic E-state index is 0.389. The third-order valence-corrected chi connectivity index (χ3v) is 7.56. The molecule has 2 nitrogen and oxygen atoms in total. The third kappa shape index (κ3) is 4.72. The van der Waals surface area contributed by atoms with Crippen molar-refractivity contribution in [2.24, 2.45) is 0 Å². The highest BCUT2D eigenvalue weighted by Gasteiger charge is 2.20. The van der Waals surface area contributed by atoms with Gasteiger partial charge in [-0.15, -0.1) is 0 Å². The van der Waals surface area contributed by atoms with Gasteiger partial charge in [-0.05, 0) is 97.2 Å². The number of ether oxygens (including phenoxy) is 2. The Kier molecular flexibility index (Phi) is 6.34. The summed E-state index contributed by atoms with van der Waals surface area (Å²) in [5, 5.41) is 0. The summed E-state index contributed by atoms with van der Waals surface area (Å²) in [5.41, 5.74) is 0. The molecule has 0 aromatic heterocycles. The molecule has 26 heavy (non-hydrogen) atoms. The van der Waals surface area contributed by atoms with Crippen molar-refractivity contribution in [1.82, 2.24) is 0 Å². The molecule has 0 spiro atoms. The standard InChI is InChI=1S/C22H26O2S2/c1-2-10-17(9-1)23-19-13-5-7-15-21(19)25-26-22-16-8-6-14-20(22)24-18-11-3-4-12-18/h5-8,13-18H,1-4,9-12H2. The lowest BCUT2D eigenvalue weighted by Gasteiger charge is -2.17. The van der Waals surface area contributed by atoms with E-state index in [9.17, 15) is 0 Å². The molecular formula is C22H26O2S2. The molecule has 2 aliphatic rings. The molecule has 4 heteroatoms. The molecule has 4 rings (SSSR count). The number of hydrogen-bond acceptors (Lipinski definition) is 4. The first-order valence-electron chi connectivity index (χ1n) is 9.74. The fourth-order valence-electron chi connectivity index (χ4n) is 3.69. The van der Waals surface area contributed by atoms with E-state index in [1.54, 1.807) is 21.6 Å². The highest BCUT2D eigenvalue weighted by molar-refractivity contribution is 8.76. The smallest absolute Gasteiger partial charge is 0.134 e. The van der Waals surface area contributed by atoms with Crippen LogP contribution in [-0.2, 0) is 0 Å². The molecule has 0 amide bonds. The van der Waals surface area contributed by atoms with Crippen molar-refractivity contribution in [2.75, 3.05) is 0 Å². The molecule has 138 valence electrons. The summed E-state index contributed by atoms with van der Waals surface area (Å²) in [6, 6.07) is 16.8. The molecule has 2 aliphatic carbocycles. The lowest BCUT2D eigenvalue weighted by molar-refractivity contribution is 0.204. The van der Waals surface area contributed by atoms with Crippen molar-refractivity contribution in [3.8, 4) is 11.5 Å². The van der Waals surface area contributed by atoms with Crippen LogP contribution in [0.5, 0.6) is 11.5 Å². The van der Waals surface area contributed by atoms with Crippen LogP contribution in [0.3, 0.4) is 0 Å². The van der Waals surface area contributed by atoms with Crippen molar-refractivity contribution >= 4 is 21.6 Å². The molecular weight excluding hydrogens is 360 g/mol. The van der Waals surface area contributed by atoms with E-state index in [4.69, 9.17) is 9.47 Å². The molecule has 0 N–H and O–H groups in total. The van der Waals surface area contributed by atoms with E-state index in [0.29, 0.717) is 12.2 Å². The van der Waals surface area contributed by atoms with Crippen molar-refractivity contribution in [2.45, 2.75) is 73.4 Å². The Morgan fingerprint density at radius 2 is 0.962 bits per heavy atom. The van der Waals surface area contributed by atoms with Crippen molar-refractivity contribution in [3.05, 3.63) is 48.5 Å². The normalized spacial score (nSPS) is 18.3. The van der Waals surface area contributed by atoms with Crippen molar-refractivity contribution in [1.29, 1.82) is 0 Å². The topological polar surface area (TPSA) is 18.5 Å². The van der Waals surface area contributed by atoms with E-state index in [1.165, 1.54) is 61.2 Å².